The third kappa shape index (κ3) is 3.31. The molecule has 1 aromatic carbocycles. The van der Waals surface area contributed by atoms with Gasteiger partial charge in [-0.3, -0.25) is 4.79 Å². The van der Waals surface area contributed by atoms with Crippen molar-refractivity contribution in [2.24, 2.45) is 7.05 Å². The van der Waals surface area contributed by atoms with Gasteiger partial charge in [-0.05, 0) is 36.6 Å². The minimum atomic E-state index is -0.928. The fourth-order valence-corrected chi connectivity index (χ4v) is 3.48. The zero-order valence-corrected chi connectivity index (χ0v) is 14.2. The number of carboxylic acid groups (broad SMARTS) is 1. The molecule has 1 amide bonds. The van der Waals surface area contributed by atoms with Crippen molar-refractivity contribution in [1.29, 1.82) is 0 Å². The lowest BCUT2D eigenvalue weighted by molar-refractivity contribution is 0.0690. The predicted molar refractivity (Wildman–Crippen MR) is 91.7 cm³/mol. The summed E-state index contributed by atoms with van der Waals surface area (Å²) in [6, 6.07) is 8.63. The Labute approximate surface area is 145 Å². The maximum atomic E-state index is 12.7. The number of likely N-dealkylation sites (tertiary alicyclic amines) is 1. The van der Waals surface area contributed by atoms with E-state index in [9.17, 15) is 9.59 Å². The Bertz CT molecular complexity index is 767. The second kappa shape index (κ2) is 6.69. The Hall–Kier alpha value is -2.27. The van der Waals surface area contributed by atoms with Gasteiger partial charge >= 0.3 is 5.97 Å². The minimum Gasteiger partial charge on any atom is -0.478 e. The van der Waals surface area contributed by atoms with Crippen molar-refractivity contribution in [3.05, 3.63) is 58.4 Å². The highest BCUT2D eigenvalue weighted by molar-refractivity contribution is 6.31. The molecule has 1 atom stereocenters. The molecule has 0 unspecified atom stereocenters. The first kappa shape index (κ1) is 16.6. The number of hydrogen-bond donors (Lipinski definition) is 1. The first-order chi connectivity index (χ1) is 11.5. The summed E-state index contributed by atoms with van der Waals surface area (Å²) in [5, 5.41) is 9.54. The largest absolute Gasteiger partial charge is 0.478 e. The van der Waals surface area contributed by atoms with Crippen LogP contribution in [-0.4, -0.2) is 39.5 Å². The third-order valence-electron chi connectivity index (χ3n) is 4.53. The molecule has 1 aliphatic heterocycles. The molecule has 1 aliphatic rings. The van der Waals surface area contributed by atoms with Crippen LogP contribution in [0.15, 0.2) is 36.5 Å². The van der Waals surface area contributed by atoms with Gasteiger partial charge in [0, 0.05) is 32.3 Å². The fourth-order valence-electron chi connectivity index (χ4n) is 3.23. The normalized spacial score (nSPS) is 17.8. The highest BCUT2D eigenvalue weighted by atomic mass is 35.5. The summed E-state index contributed by atoms with van der Waals surface area (Å²) in [4.78, 5) is 25.5. The monoisotopic (exact) mass is 346 g/mol. The molecule has 0 bridgehead atoms. The Morgan fingerprint density at radius 1 is 1.25 bits per heavy atom. The molecule has 2 heterocycles. The Morgan fingerprint density at radius 2 is 1.96 bits per heavy atom. The lowest BCUT2D eigenvalue weighted by Gasteiger charge is -2.33. The molecule has 1 saturated heterocycles. The summed E-state index contributed by atoms with van der Waals surface area (Å²) in [6.45, 7) is 1.36. The third-order valence-corrected chi connectivity index (χ3v) is 4.74. The van der Waals surface area contributed by atoms with E-state index in [-0.39, 0.29) is 17.4 Å². The van der Waals surface area contributed by atoms with E-state index >= 15 is 0 Å². The summed E-state index contributed by atoms with van der Waals surface area (Å²) >= 11 is 5.97. The van der Waals surface area contributed by atoms with Crippen LogP contribution in [0.1, 0.15) is 45.2 Å². The van der Waals surface area contributed by atoms with Gasteiger partial charge in [-0.15, -0.1) is 0 Å². The molecule has 1 aromatic heterocycles. The fraction of sp³-hybridized carbons (Fsp3) is 0.333. The Kier molecular flexibility index (Phi) is 4.62. The van der Waals surface area contributed by atoms with Crippen LogP contribution in [0.4, 0.5) is 0 Å². The lowest BCUT2D eigenvalue weighted by atomic mass is 9.90. The van der Waals surface area contributed by atoms with E-state index < -0.39 is 5.97 Å². The van der Waals surface area contributed by atoms with Crippen LogP contribution < -0.4 is 0 Å². The van der Waals surface area contributed by atoms with E-state index in [1.54, 1.807) is 29.0 Å². The number of nitrogens with zero attached hydrogens (tertiary/aromatic N) is 2. The second-order valence-electron chi connectivity index (χ2n) is 6.17. The van der Waals surface area contributed by atoms with Crippen molar-refractivity contribution in [1.82, 2.24) is 9.47 Å². The number of hydrogen-bond acceptors (Lipinski definition) is 2. The van der Waals surface area contributed by atoms with Gasteiger partial charge in [-0.25, -0.2) is 4.79 Å². The van der Waals surface area contributed by atoms with Crippen molar-refractivity contribution >= 4 is 23.5 Å². The number of piperidine rings is 1. The van der Waals surface area contributed by atoms with Crippen molar-refractivity contribution in [2.75, 3.05) is 13.1 Å². The first-order valence-corrected chi connectivity index (χ1v) is 8.28. The highest BCUT2D eigenvalue weighted by Gasteiger charge is 2.27. The predicted octanol–water partition coefficient (Wildman–Crippen LogP) is 3.40. The molecule has 0 saturated carbocycles. The molecular weight excluding hydrogens is 328 g/mol. The molecule has 6 heteroatoms. The van der Waals surface area contributed by atoms with Crippen molar-refractivity contribution in [2.45, 2.75) is 18.8 Å². The Morgan fingerprint density at radius 3 is 2.54 bits per heavy atom. The molecule has 3 rings (SSSR count). The molecule has 0 spiro atoms. The number of carboxylic acids is 1. The van der Waals surface area contributed by atoms with Crippen molar-refractivity contribution in [3.8, 4) is 0 Å². The lowest BCUT2D eigenvalue weighted by Crippen LogP contribution is -2.39. The van der Waals surface area contributed by atoms with Gasteiger partial charge in [0.05, 0.1) is 10.6 Å². The smallest absolute Gasteiger partial charge is 0.335 e. The molecule has 0 radical (unpaired) electrons. The summed E-state index contributed by atoms with van der Waals surface area (Å²) in [5.74, 6) is -0.722. The number of benzene rings is 1. The van der Waals surface area contributed by atoms with Gasteiger partial charge in [-0.2, -0.15) is 0 Å². The zero-order valence-electron chi connectivity index (χ0n) is 13.4. The zero-order chi connectivity index (χ0) is 17.3. The number of amides is 1. The molecule has 0 aliphatic carbocycles. The van der Waals surface area contributed by atoms with E-state index in [2.05, 4.69) is 0 Å². The van der Waals surface area contributed by atoms with E-state index in [1.807, 2.05) is 24.1 Å². The average Bonchev–Trinajstić information content (AvgIpc) is 2.92. The highest BCUT2D eigenvalue weighted by Crippen LogP contribution is 2.28. The number of aryl methyl sites for hydroxylation is 1. The Balaban J connectivity index is 1.75. The molecule has 1 N–H and O–H groups in total. The first-order valence-electron chi connectivity index (χ1n) is 7.90. The molecule has 2 aromatic rings. The maximum absolute atomic E-state index is 12.7. The standard InChI is InChI=1S/C18H19ClN2O3/c1-20-11-15(19)9-16(20)17(22)21-8-2-3-14(10-21)12-4-6-13(7-5-12)18(23)24/h4-7,9,11,14H,2-3,8,10H2,1H3,(H,23,24)/t14-/m1/s1. The molecule has 126 valence electrons. The summed E-state index contributed by atoms with van der Waals surface area (Å²) in [6.07, 6.45) is 3.64. The second-order valence-corrected chi connectivity index (χ2v) is 6.61. The van der Waals surface area contributed by atoms with Crippen LogP contribution in [0.25, 0.3) is 0 Å². The van der Waals surface area contributed by atoms with Gasteiger partial charge < -0.3 is 14.6 Å². The quantitative estimate of drug-likeness (QED) is 0.926. The molecule has 1 fully saturated rings. The summed E-state index contributed by atoms with van der Waals surface area (Å²) in [5.41, 5.74) is 1.94. The van der Waals surface area contributed by atoms with Crippen LogP contribution in [0.3, 0.4) is 0 Å². The van der Waals surface area contributed by atoms with Crippen LogP contribution >= 0.6 is 11.6 Å². The van der Waals surface area contributed by atoms with E-state index in [0.717, 1.165) is 24.9 Å². The van der Waals surface area contributed by atoms with Crippen LogP contribution in [0.5, 0.6) is 0 Å². The summed E-state index contributed by atoms with van der Waals surface area (Å²) < 4.78 is 1.75. The van der Waals surface area contributed by atoms with E-state index in [1.165, 1.54) is 0 Å². The molecule has 5 nitrogen and oxygen atoms in total. The number of aromatic carboxylic acids is 1. The average molecular weight is 347 g/mol. The topological polar surface area (TPSA) is 62.5 Å². The summed E-state index contributed by atoms with van der Waals surface area (Å²) in [7, 11) is 1.81. The molecule has 24 heavy (non-hydrogen) atoms. The number of aromatic nitrogens is 1. The molecular formula is C18H19ClN2O3. The van der Waals surface area contributed by atoms with Crippen LogP contribution in [0.2, 0.25) is 5.02 Å². The van der Waals surface area contributed by atoms with Gasteiger partial charge in [0.15, 0.2) is 0 Å². The van der Waals surface area contributed by atoms with Gasteiger partial charge in [0.2, 0.25) is 0 Å². The van der Waals surface area contributed by atoms with Crippen molar-refractivity contribution < 1.29 is 14.7 Å². The van der Waals surface area contributed by atoms with E-state index in [0.29, 0.717) is 17.3 Å². The van der Waals surface area contributed by atoms with Gasteiger partial charge in [0.1, 0.15) is 5.69 Å². The van der Waals surface area contributed by atoms with Crippen LogP contribution in [0, 0.1) is 0 Å². The minimum absolute atomic E-state index is 0.0174. The maximum Gasteiger partial charge on any atom is 0.335 e. The SMILES string of the molecule is Cn1cc(Cl)cc1C(=O)N1CCC[C@@H](c2ccc(C(=O)O)cc2)C1. The number of carbonyl (C=O) groups is 2. The number of rotatable bonds is 3. The van der Waals surface area contributed by atoms with Crippen LogP contribution in [-0.2, 0) is 7.05 Å². The number of halogens is 1. The van der Waals surface area contributed by atoms with Gasteiger partial charge in [0.25, 0.3) is 5.91 Å². The van der Waals surface area contributed by atoms with Crippen molar-refractivity contribution in [3.63, 3.8) is 0 Å². The number of carbonyl (C=O) groups excluding carboxylic acids is 1. The van der Waals surface area contributed by atoms with E-state index in [4.69, 9.17) is 16.7 Å². The van der Waals surface area contributed by atoms with Gasteiger partial charge in [-0.1, -0.05) is 23.7 Å².